The van der Waals surface area contributed by atoms with Gasteiger partial charge in [0, 0.05) is 44.2 Å². The van der Waals surface area contributed by atoms with E-state index in [9.17, 15) is 0 Å². The Morgan fingerprint density at radius 3 is 1.75 bits per heavy atom. The molecule has 12 aromatic rings. The molecule has 0 unspecified atom stereocenters. The smallest absolute Gasteiger partial charge is 0.136 e. The molecule has 0 amide bonds. The molecule has 10 aromatic carbocycles. The van der Waals surface area contributed by atoms with Gasteiger partial charge in [0.05, 0.1) is 16.7 Å². The third-order valence-corrected chi connectivity index (χ3v) is 12.2. The molecular weight excluding hydrogens is 741 g/mol. The molecule has 3 heteroatoms. The fourth-order valence-corrected chi connectivity index (χ4v) is 9.26. The molecule has 3 nitrogen and oxygen atoms in total. The van der Waals surface area contributed by atoms with Gasteiger partial charge in [-0.2, -0.15) is 0 Å². The van der Waals surface area contributed by atoms with Gasteiger partial charge in [0.25, 0.3) is 0 Å². The minimum Gasteiger partial charge on any atom is -0.456 e. The number of anilines is 3. The minimum absolute atomic E-state index is 0.878. The van der Waals surface area contributed by atoms with E-state index < -0.39 is 0 Å². The molecule has 0 aliphatic heterocycles. The molecule has 0 N–H and O–H groups in total. The molecule has 0 saturated carbocycles. The highest BCUT2D eigenvalue weighted by Gasteiger charge is 2.20. The molecule has 0 saturated heterocycles. The van der Waals surface area contributed by atoms with Crippen LogP contribution < -0.4 is 4.90 Å². The number of hydrogen-bond acceptors (Lipinski definition) is 2. The van der Waals surface area contributed by atoms with E-state index in [1.807, 2.05) is 12.1 Å². The SMILES string of the molecule is c1cc(-c2ccc(N(c3cccc(-n4c5ccccc5c5ccccc54)c3)c3ccccc3-c3ccc4c(c3)oc3ccccc34)cc2)cc(-c2ccc3ccccc3c2)c1. The highest BCUT2D eigenvalue weighted by Crippen LogP contribution is 2.44. The first kappa shape index (κ1) is 34.9. The standard InChI is InChI=1S/C58H38N2O/c1-2-14-41-36-44(28-27-39(41)13-1)43-16-11-15-42(35-43)40-29-32-46(33-30-40)59(47-17-12-18-48(38-47)60-55-24-8-4-20-50(55)51-21-5-9-25-56(51)60)54-23-7-3-19-49(54)45-31-34-53-52-22-6-10-26-57(52)61-58(53)37-45/h1-38H. The number of fused-ring (bicyclic) bond motifs is 7. The summed E-state index contributed by atoms with van der Waals surface area (Å²) in [6.45, 7) is 0. The molecule has 0 radical (unpaired) electrons. The van der Waals surface area contributed by atoms with Crippen molar-refractivity contribution in [2.45, 2.75) is 0 Å². The Bertz CT molecular complexity index is 3560. The predicted octanol–water partition coefficient (Wildman–Crippen LogP) is 16.3. The van der Waals surface area contributed by atoms with Gasteiger partial charge >= 0.3 is 0 Å². The zero-order valence-corrected chi connectivity index (χ0v) is 33.2. The van der Waals surface area contributed by atoms with E-state index in [0.29, 0.717) is 0 Å². The second kappa shape index (κ2) is 14.3. The normalized spacial score (nSPS) is 11.6. The molecule has 0 atom stereocenters. The Hall–Kier alpha value is -8.14. The highest BCUT2D eigenvalue weighted by atomic mass is 16.3. The van der Waals surface area contributed by atoms with Crippen molar-refractivity contribution in [1.29, 1.82) is 0 Å². The predicted molar refractivity (Wildman–Crippen MR) is 257 cm³/mol. The Kier molecular flexibility index (Phi) is 8.17. The van der Waals surface area contributed by atoms with Crippen LogP contribution in [-0.4, -0.2) is 4.57 Å². The van der Waals surface area contributed by atoms with Gasteiger partial charge in [0.2, 0.25) is 0 Å². The van der Waals surface area contributed by atoms with Crippen LogP contribution in [0.5, 0.6) is 0 Å². The van der Waals surface area contributed by atoms with Crippen molar-refractivity contribution in [3.63, 3.8) is 0 Å². The van der Waals surface area contributed by atoms with E-state index >= 15 is 0 Å². The fourth-order valence-electron chi connectivity index (χ4n) is 9.26. The molecule has 286 valence electrons. The number of benzene rings is 10. The molecule has 61 heavy (non-hydrogen) atoms. The summed E-state index contributed by atoms with van der Waals surface area (Å²) in [4.78, 5) is 2.39. The van der Waals surface area contributed by atoms with Crippen molar-refractivity contribution in [3.05, 3.63) is 231 Å². The van der Waals surface area contributed by atoms with Gasteiger partial charge in [-0.25, -0.2) is 0 Å². The van der Waals surface area contributed by atoms with Crippen LogP contribution in [0.25, 0.3) is 93.6 Å². The summed E-state index contributed by atoms with van der Waals surface area (Å²) in [5.74, 6) is 0. The van der Waals surface area contributed by atoms with E-state index in [2.05, 4.69) is 228 Å². The maximum atomic E-state index is 6.41. The van der Waals surface area contributed by atoms with Crippen molar-refractivity contribution in [2.75, 3.05) is 4.90 Å². The van der Waals surface area contributed by atoms with Gasteiger partial charge in [-0.1, -0.05) is 152 Å². The lowest BCUT2D eigenvalue weighted by molar-refractivity contribution is 0.669. The maximum Gasteiger partial charge on any atom is 0.136 e. The van der Waals surface area contributed by atoms with Crippen molar-refractivity contribution >= 4 is 71.6 Å². The van der Waals surface area contributed by atoms with E-state index in [-0.39, 0.29) is 0 Å². The van der Waals surface area contributed by atoms with E-state index in [0.717, 1.165) is 61.4 Å². The summed E-state index contributed by atoms with van der Waals surface area (Å²) in [5, 5.41) is 7.23. The Morgan fingerprint density at radius 2 is 0.934 bits per heavy atom. The number of furan rings is 1. The Balaban J connectivity index is 1.00. The number of aromatic nitrogens is 1. The van der Waals surface area contributed by atoms with Gasteiger partial charge in [-0.15, -0.1) is 0 Å². The largest absolute Gasteiger partial charge is 0.456 e. The van der Waals surface area contributed by atoms with Crippen LogP contribution in [0, 0.1) is 0 Å². The average Bonchev–Trinajstić information content (AvgIpc) is 3.87. The quantitative estimate of drug-likeness (QED) is 0.161. The van der Waals surface area contributed by atoms with Crippen LogP contribution in [0.3, 0.4) is 0 Å². The van der Waals surface area contributed by atoms with Gasteiger partial charge in [0.1, 0.15) is 11.2 Å². The molecule has 0 fully saturated rings. The molecule has 2 aromatic heterocycles. The van der Waals surface area contributed by atoms with Gasteiger partial charge in [-0.3, -0.25) is 0 Å². The van der Waals surface area contributed by atoms with E-state index in [1.54, 1.807) is 0 Å². The third-order valence-electron chi connectivity index (χ3n) is 12.2. The van der Waals surface area contributed by atoms with Gasteiger partial charge < -0.3 is 13.9 Å². The first-order valence-corrected chi connectivity index (χ1v) is 20.8. The van der Waals surface area contributed by atoms with Crippen molar-refractivity contribution < 1.29 is 4.42 Å². The monoisotopic (exact) mass is 778 g/mol. The van der Waals surface area contributed by atoms with Crippen LogP contribution in [0.1, 0.15) is 0 Å². The second-order valence-electron chi connectivity index (χ2n) is 15.7. The first-order valence-electron chi connectivity index (χ1n) is 20.8. The van der Waals surface area contributed by atoms with Crippen molar-refractivity contribution in [3.8, 4) is 39.1 Å². The molecule has 12 rings (SSSR count). The number of hydrogen-bond donors (Lipinski definition) is 0. The van der Waals surface area contributed by atoms with Gasteiger partial charge in [0.15, 0.2) is 0 Å². The zero-order valence-electron chi connectivity index (χ0n) is 33.2. The van der Waals surface area contributed by atoms with E-state index in [4.69, 9.17) is 4.42 Å². The van der Waals surface area contributed by atoms with Crippen LogP contribution >= 0.6 is 0 Å². The molecular formula is C58H38N2O. The summed E-state index contributed by atoms with van der Waals surface area (Å²) in [6, 6.07) is 83.0. The molecule has 0 aliphatic rings. The van der Waals surface area contributed by atoms with Crippen LogP contribution in [0.2, 0.25) is 0 Å². The van der Waals surface area contributed by atoms with Gasteiger partial charge in [-0.05, 0) is 117 Å². The molecule has 2 heterocycles. The lowest BCUT2D eigenvalue weighted by Crippen LogP contribution is -2.11. The topological polar surface area (TPSA) is 21.3 Å². The van der Waals surface area contributed by atoms with Crippen molar-refractivity contribution in [2.24, 2.45) is 0 Å². The van der Waals surface area contributed by atoms with Crippen molar-refractivity contribution in [1.82, 2.24) is 4.57 Å². The summed E-state index contributed by atoms with van der Waals surface area (Å²) in [5.41, 5.74) is 15.4. The summed E-state index contributed by atoms with van der Waals surface area (Å²) in [6.07, 6.45) is 0. The Labute approximate surface area is 353 Å². The summed E-state index contributed by atoms with van der Waals surface area (Å²) in [7, 11) is 0. The average molecular weight is 779 g/mol. The van der Waals surface area contributed by atoms with E-state index in [1.165, 1.54) is 49.3 Å². The molecule has 0 spiro atoms. The number of nitrogens with zero attached hydrogens (tertiary/aromatic N) is 2. The molecule has 0 aliphatic carbocycles. The minimum atomic E-state index is 0.878. The maximum absolute atomic E-state index is 6.41. The Morgan fingerprint density at radius 1 is 0.328 bits per heavy atom. The third kappa shape index (κ3) is 5.98. The van der Waals surface area contributed by atoms with Crippen LogP contribution in [-0.2, 0) is 0 Å². The van der Waals surface area contributed by atoms with Crippen LogP contribution in [0.15, 0.2) is 235 Å². The summed E-state index contributed by atoms with van der Waals surface area (Å²) < 4.78 is 8.79. The number of rotatable bonds is 7. The zero-order chi connectivity index (χ0) is 40.3. The molecule has 0 bridgehead atoms. The second-order valence-corrected chi connectivity index (χ2v) is 15.7. The lowest BCUT2D eigenvalue weighted by atomic mass is 9.97. The van der Waals surface area contributed by atoms with Crippen LogP contribution in [0.4, 0.5) is 17.1 Å². The lowest BCUT2D eigenvalue weighted by Gasteiger charge is -2.28. The number of para-hydroxylation sites is 4. The first-order chi connectivity index (χ1) is 30.2. The summed E-state index contributed by atoms with van der Waals surface area (Å²) >= 11 is 0. The highest BCUT2D eigenvalue weighted by molar-refractivity contribution is 6.09. The fraction of sp³-hybridized carbons (Fsp3) is 0.